The number of hydrogen-bond acceptors (Lipinski definition) is 4. The molecule has 4 heteroatoms. The van der Waals surface area contributed by atoms with Gasteiger partial charge in [0.25, 0.3) is 0 Å². The number of rotatable bonds is 5. The molecular formula is C42H34N4. The van der Waals surface area contributed by atoms with Gasteiger partial charge < -0.3 is 0 Å². The average molecular weight is 595 g/mol. The molecule has 0 radical (unpaired) electrons. The number of nitrogens with zero attached hydrogens (tertiary/aromatic N) is 4. The van der Waals surface area contributed by atoms with Crippen LogP contribution >= 0.6 is 0 Å². The maximum atomic E-state index is 9.25. The van der Waals surface area contributed by atoms with E-state index in [4.69, 9.17) is 15.0 Å². The molecule has 4 fully saturated rings. The van der Waals surface area contributed by atoms with E-state index in [0.717, 1.165) is 56.3 Å². The van der Waals surface area contributed by atoms with Crippen molar-refractivity contribution in [3.8, 4) is 51.4 Å². The zero-order valence-electron chi connectivity index (χ0n) is 25.7. The Kier molecular flexibility index (Phi) is 6.35. The van der Waals surface area contributed by atoms with Crippen LogP contribution in [0.15, 0.2) is 115 Å². The Balaban J connectivity index is 1.06. The number of fused-ring (bicyclic) bond motifs is 1. The van der Waals surface area contributed by atoms with E-state index < -0.39 is 0 Å². The zero-order valence-corrected chi connectivity index (χ0v) is 25.7. The standard InChI is InChI=1S/C42H34N4/c43-26-27-6-7-37-22-36(13-12-35(37)21-27)31-8-10-33(11-9-31)40-44-39(32-4-2-1-3-5-32)45-41(46-40)34-14-16-38(17-15-34)42-23-28-18-29(24-42)20-30(19-28)25-42/h1-17,21-22,28-30H,18-20,23-25H2/t28-,29-,30-,42?. The monoisotopic (exact) mass is 594 g/mol. The summed E-state index contributed by atoms with van der Waals surface area (Å²) >= 11 is 0. The summed E-state index contributed by atoms with van der Waals surface area (Å²) in [4.78, 5) is 15.0. The van der Waals surface area contributed by atoms with Crippen molar-refractivity contribution in [1.82, 2.24) is 15.0 Å². The highest BCUT2D eigenvalue weighted by Crippen LogP contribution is 2.60. The minimum absolute atomic E-state index is 0.374. The van der Waals surface area contributed by atoms with Crippen molar-refractivity contribution in [1.29, 1.82) is 5.26 Å². The summed E-state index contributed by atoms with van der Waals surface area (Å²) < 4.78 is 0. The van der Waals surface area contributed by atoms with Crippen LogP contribution in [0, 0.1) is 29.1 Å². The first kappa shape index (κ1) is 27.2. The zero-order chi connectivity index (χ0) is 30.7. The summed E-state index contributed by atoms with van der Waals surface area (Å²) in [5, 5.41) is 11.4. The van der Waals surface area contributed by atoms with E-state index >= 15 is 0 Å². The summed E-state index contributed by atoms with van der Waals surface area (Å²) in [6.45, 7) is 0. The Bertz CT molecular complexity index is 2090. The smallest absolute Gasteiger partial charge is 0.164 e. The van der Waals surface area contributed by atoms with E-state index in [1.165, 1.54) is 44.1 Å². The van der Waals surface area contributed by atoms with Crippen LogP contribution in [0.5, 0.6) is 0 Å². The van der Waals surface area contributed by atoms with Crippen LogP contribution in [-0.2, 0) is 5.41 Å². The SMILES string of the molecule is N#Cc1ccc2cc(-c3ccc(-c4nc(-c5ccccc5)nc(-c5ccc(C67C[C@H]8C[C@H](C6)C[C@@H](C7)C8)cc5)n4)cc3)ccc2c1. The van der Waals surface area contributed by atoms with E-state index in [-0.39, 0.29) is 0 Å². The third-order valence-corrected chi connectivity index (χ3v) is 10.9. The highest BCUT2D eigenvalue weighted by molar-refractivity contribution is 5.88. The van der Waals surface area contributed by atoms with Crippen molar-refractivity contribution in [2.24, 2.45) is 17.8 Å². The molecule has 4 aliphatic carbocycles. The molecule has 1 aromatic heterocycles. The molecule has 4 nitrogen and oxygen atoms in total. The summed E-state index contributed by atoms with van der Waals surface area (Å²) in [6, 6.07) is 42.3. The van der Waals surface area contributed by atoms with Crippen LogP contribution < -0.4 is 0 Å². The molecule has 4 aliphatic rings. The van der Waals surface area contributed by atoms with Crippen LogP contribution in [0.3, 0.4) is 0 Å². The van der Waals surface area contributed by atoms with Crippen molar-refractivity contribution >= 4 is 10.8 Å². The predicted octanol–water partition coefficient (Wildman–Crippen LogP) is 10.0. The lowest BCUT2D eigenvalue weighted by Crippen LogP contribution is -2.48. The second-order valence-corrected chi connectivity index (χ2v) is 13.9. The summed E-state index contributed by atoms with van der Waals surface area (Å²) in [5.41, 5.74) is 7.77. The molecule has 0 amide bonds. The van der Waals surface area contributed by atoms with Gasteiger partial charge in [-0.05, 0) is 107 Å². The maximum Gasteiger partial charge on any atom is 0.164 e. The first-order chi connectivity index (χ1) is 22.6. The fourth-order valence-corrected chi connectivity index (χ4v) is 9.09. The van der Waals surface area contributed by atoms with Gasteiger partial charge in [0.15, 0.2) is 17.5 Å². The average Bonchev–Trinajstić information content (AvgIpc) is 3.11. The van der Waals surface area contributed by atoms with Gasteiger partial charge in [-0.1, -0.05) is 97.1 Å². The highest BCUT2D eigenvalue weighted by Gasteiger charge is 2.51. The Labute approximate surface area is 269 Å². The number of nitriles is 1. The lowest BCUT2D eigenvalue weighted by Gasteiger charge is -2.57. The molecule has 4 saturated carbocycles. The van der Waals surface area contributed by atoms with Gasteiger partial charge in [-0.15, -0.1) is 0 Å². The first-order valence-electron chi connectivity index (χ1n) is 16.6. The Hall–Kier alpha value is -5.14. The first-order valence-corrected chi connectivity index (χ1v) is 16.6. The van der Waals surface area contributed by atoms with Gasteiger partial charge in [-0.25, -0.2) is 15.0 Å². The number of benzene rings is 5. The molecule has 0 unspecified atom stereocenters. The van der Waals surface area contributed by atoms with E-state index in [1.54, 1.807) is 0 Å². The van der Waals surface area contributed by atoms with E-state index in [9.17, 15) is 5.26 Å². The van der Waals surface area contributed by atoms with Gasteiger partial charge in [0.1, 0.15) is 0 Å². The van der Waals surface area contributed by atoms with Crippen molar-refractivity contribution in [3.05, 3.63) is 126 Å². The van der Waals surface area contributed by atoms with Crippen molar-refractivity contribution in [2.75, 3.05) is 0 Å². The Morgan fingerprint density at radius 3 is 1.57 bits per heavy atom. The quantitative estimate of drug-likeness (QED) is 0.199. The van der Waals surface area contributed by atoms with Crippen molar-refractivity contribution in [2.45, 2.75) is 43.9 Å². The van der Waals surface area contributed by atoms with Crippen molar-refractivity contribution < 1.29 is 0 Å². The van der Waals surface area contributed by atoms with E-state index in [0.29, 0.717) is 28.5 Å². The van der Waals surface area contributed by atoms with Gasteiger partial charge in [0, 0.05) is 16.7 Å². The van der Waals surface area contributed by atoms with Gasteiger partial charge in [0.05, 0.1) is 11.6 Å². The van der Waals surface area contributed by atoms with Crippen molar-refractivity contribution in [3.63, 3.8) is 0 Å². The second-order valence-electron chi connectivity index (χ2n) is 13.9. The molecule has 1 heterocycles. The molecular weight excluding hydrogens is 560 g/mol. The maximum absolute atomic E-state index is 9.25. The highest BCUT2D eigenvalue weighted by atomic mass is 15.0. The predicted molar refractivity (Wildman–Crippen MR) is 184 cm³/mol. The molecule has 6 aromatic rings. The lowest BCUT2D eigenvalue weighted by molar-refractivity contribution is -0.00518. The minimum Gasteiger partial charge on any atom is -0.208 e. The van der Waals surface area contributed by atoms with Crippen LogP contribution in [0.25, 0.3) is 56.1 Å². The molecule has 10 rings (SSSR count). The second kappa shape index (κ2) is 10.7. The number of aromatic nitrogens is 3. The molecule has 0 N–H and O–H groups in total. The number of hydrogen-bond donors (Lipinski definition) is 0. The molecule has 0 spiro atoms. The molecule has 4 bridgehead atoms. The fraction of sp³-hybridized carbons (Fsp3) is 0.238. The molecule has 0 atom stereocenters. The van der Waals surface area contributed by atoms with Crippen LogP contribution in [0.4, 0.5) is 0 Å². The van der Waals surface area contributed by atoms with Gasteiger partial charge in [-0.2, -0.15) is 5.26 Å². The summed E-state index contributed by atoms with van der Waals surface area (Å²) in [6.07, 6.45) is 8.47. The molecule has 0 saturated heterocycles. The largest absolute Gasteiger partial charge is 0.208 e. The summed E-state index contributed by atoms with van der Waals surface area (Å²) in [7, 11) is 0. The third kappa shape index (κ3) is 4.79. The van der Waals surface area contributed by atoms with Gasteiger partial charge >= 0.3 is 0 Å². The topological polar surface area (TPSA) is 62.5 Å². The molecule has 0 aliphatic heterocycles. The third-order valence-electron chi connectivity index (χ3n) is 10.9. The van der Waals surface area contributed by atoms with E-state index in [1.807, 2.05) is 36.4 Å². The van der Waals surface area contributed by atoms with Gasteiger partial charge in [0.2, 0.25) is 0 Å². The van der Waals surface area contributed by atoms with Crippen LogP contribution in [-0.4, -0.2) is 15.0 Å². The van der Waals surface area contributed by atoms with Crippen LogP contribution in [0.2, 0.25) is 0 Å². The van der Waals surface area contributed by atoms with Crippen LogP contribution in [0.1, 0.15) is 49.7 Å². The summed E-state index contributed by atoms with van der Waals surface area (Å²) in [5.74, 6) is 4.84. The van der Waals surface area contributed by atoms with E-state index in [2.05, 4.69) is 84.9 Å². The molecule has 5 aromatic carbocycles. The van der Waals surface area contributed by atoms with Gasteiger partial charge in [-0.3, -0.25) is 0 Å². The Morgan fingerprint density at radius 1 is 0.500 bits per heavy atom. The normalized spacial score (nSPS) is 23.0. The molecule has 222 valence electrons. The minimum atomic E-state index is 0.374. The lowest BCUT2D eigenvalue weighted by atomic mass is 9.48. The Morgan fingerprint density at radius 2 is 0.978 bits per heavy atom. The molecule has 46 heavy (non-hydrogen) atoms. The fourth-order valence-electron chi connectivity index (χ4n) is 9.09.